The van der Waals surface area contributed by atoms with E-state index in [-0.39, 0.29) is 5.69 Å². The summed E-state index contributed by atoms with van der Waals surface area (Å²) in [6.07, 6.45) is 1.72. The van der Waals surface area contributed by atoms with Crippen molar-refractivity contribution >= 4 is 11.6 Å². The first-order valence-electron chi connectivity index (χ1n) is 9.06. The molecule has 4 N–H and O–H groups in total. The molecule has 0 spiro atoms. The lowest BCUT2D eigenvalue weighted by atomic mass is 10.1. The molecule has 0 saturated carbocycles. The number of fused-ring (bicyclic) bond motifs is 1. The molecule has 1 amide bonds. The molecule has 142 valence electrons. The fourth-order valence-electron chi connectivity index (χ4n) is 3.06. The van der Waals surface area contributed by atoms with E-state index in [0.717, 1.165) is 48.6 Å². The summed E-state index contributed by atoms with van der Waals surface area (Å²) in [4.78, 5) is 13.7. The molecule has 1 atom stereocenters. The average Bonchev–Trinajstić information content (AvgIpc) is 3.05. The maximum atomic E-state index is 11.7. The predicted octanol–water partition coefficient (Wildman–Crippen LogP) is 0.993. The van der Waals surface area contributed by atoms with E-state index in [1.165, 1.54) is 0 Å². The van der Waals surface area contributed by atoms with Crippen LogP contribution in [0.2, 0.25) is 0 Å². The van der Waals surface area contributed by atoms with E-state index in [9.17, 15) is 9.90 Å². The van der Waals surface area contributed by atoms with E-state index in [0.29, 0.717) is 6.42 Å². The number of aliphatic hydroxyl groups is 1. The Balaban J connectivity index is 1.88. The molecule has 7 heteroatoms. The minimum atomic E-state index is -0.667. The number of hydrogen-bond acceptors (Lipinski definition) is 5. The SMILES string of the molecule is CN(C)CCC(O)C#Cc1cccc(-n2nc(C(N)=O)c3c2CCCN3)c1. The second kappa shape index (κ2) is 8.25. The zero-order valence-corrected chi connectivity index (χ0v) is 15.7. The third kappa shape index (κ3) is 4.48. The van der Waals surface area contributed by atoms with Crippen LogP contribution >= 0.6 is 0 Å². The number of hydrogen-bond donors (Lipinski definition) is 3. The predicted molar refractivity (Wildman–Crippen MR) is 105 cm³/mol. The molecule has 0 bridgehead atoms. The van der Waals surface area contributed by atoms with E-state index in [4.69, 9.17) is 5.73 Å². The Labute approximate surface area is 159 Å². The average molecular weight is 367 g/mol. The number of rotatable bonds is 5. The van der Waals surface area contributed by atoms with E-state index in [1.54, 1.807) is 4.68 Å². The van der Waals surface area contributed by atoms with Crippen LogP contribution in [0.4, 0.5) is 5.69 Å². The van der Waals surface area contributed by atoms with Gasteiger partial charge in [0.1, 0.15) is 6.10 Å². The largest absolute Gasteiger partial charge is 0.382 e. The molecule has 0 fully saturated rings. The third-order valence-corrected chi connectivity index (χ3v) is 4.43. The topological polar surface area (TPSA) is 96.4 Å². The highest BCUT2D eigenvalue weighted by molar-refractivity contribution is 5.97. The van der Waals surface area contributed by atoms with Gasteiger partial charge in [0.15, 0.2) is 5.69 Å². The number of nitrogens with two attached hydrogens (primary N) is 1. The minimum Gasteiger partial charge on any atom is -0.382 e. The van der Waals surface area contributed by atoms with Crippen molar-refractivity contribution in [1.82, 2.24) is 14.7 Å². The lowest BCUT2D eigenvalue weighted by Crippen LogP contribution is -2.18. The van der Waals surface area contributed by atoms with Gasteiger partial charge >= 0.3 is 0 Å². The van der Waals surface area contributed by atoms with Crippen molar-refractivity contribution in [2.24, 2.45) is 5.73 Å². The number of aliphatic hydroxyl groups excluding tert-OH is 1. The van der Waals surface area contributed by atoms with Crippen LogP contribution in [0.25, 0.3) is 5.69 Å². The Hall–Kier alpha value is -2.82. The zero-order chi connectivity index (χ0) is 19.4. The highest BCUT2D eigenvalue weighted by Gasteiger charge is 2.24. The molecule has 1 aliphatic heterocycles. The van der Waals surface area contributed by atoms with E-state index >= 15 is 0 Å². The summed E-state index contributed by atoms with van der Waals surface area (Å²) in [5.41, 5.74) is 9.02. The third-order valence-electron chi connectivity index (χ3n) is 4.43. The molecule has 2 aromatic rings. The minimum absolute atomic E-state index is 0.264. The molecular formula is C20H25N5O2. The van der Waals surface area contributed by atoms with Gasteiger partial charge in [0.2, 0.25) is 0 Å². The standard InChI is InChI=1S/C20H25N5O2/c1-24(2)12-10-16(26)9-8-14-5-3-6-15(13-14)25-17-7-4-11-22-18(17)19(23-25)20(21)27/h3,5-6,13,16,22,26H,4,7,10-12H2,1-2H3,(H2,21,27). The highest BCUT2D eigenvalue weighted by Crippen LogP contribution is 2.28. The number of primary amides is 1. The van der Waals surface area contributed by atoms with Crippen molar-refractivity contribution in [2.45, 2.75) is 25.4 Å². The van der Waals surface area contributed by atoms with Gasteiger partial charge in [-0.3, -0.25) is 4.79 Å². The summed E-state index contributed by atoms with van der Waals surface area (Å²) in [5.74, 6) is 5.36. The Morgan fingerprint density at radius 1 is 1.48 bits per heavy atom. The van der Waals surface area contributed by atoms with Gasteiger partial charge in [0, 0.05) is 18.7 Å². The number of nitrogens with zero attached hydrogens (tertiary/aromatic N) is 3. The van der Waals surface area contributed by atoms with Crippen molar-refractivity contribution in [1.29, 1.82) is 0 Å². The summed E-state index contributed by atoms with van der Waals surface area (Å²) in [6.45, 7) is 1.58. The Morgan fingerprint density at radius 2 is 2.30 bits per heavy atom. The van der Waals surface area contributed by atoms with Crippen LogP contribution in [0.15, 0.2) is 24.3 Å². The molecule has 3 rings (SSSR count). The van der Waals surface area contributed by atoms with Gasteiger partial charge < -0.3 is 21.1 Å². The Bertz CT molecular complexity index is 892. The maximum Gasteiger partial charge on any atom is 0.271 e. The number of amides is 1. The van der Waals surface area contributed by atoms with Gasteiger partial charge in [-0.1, -0.05) is 17.9 Å². The van der Waals surface area contributed by atoms with Gasteiger partial charge in [-0.15, -0.1) is 0 Å². The van der Waals surface area contributed by atoms with Crippen molar-refractivity contribution in [3.05, 3.63) is 41.2 Å². The number of carbonyl (C=O) groups is 1. The van der Waals surface area contributed by atoms with E-state index in [1.807, 2.05) is 43.3 Å². The lowest BCUT2D eigenvalue weighted by Gasteiger charge is -2.16. The van der Waals surface area contributed by atoms with Gasteiger partial charge in [-0.2, -0.15) is 5.10 Å². The molecule has 27 heavy (non-hydrogen) atoms. The van der Waals surface area contributed by atoms with Crippen LogP contribution in [-0.4, -0.2) is 59.0 Å². The molecule has 2 heterocycles. The molecule has 1 aliphatic rings. The van der Waals surface area contributed by atoms with Gasteiger partial charge in [-0.25, -0.2) is 4.68 Å². The normalized spacial score (nSPS) is 14.1. The van der Waals surface area contributed by atoms with Crippen molar-refractivity contribution in [2.75, 3.05) is 32.5 Å². The zero-order valence-electron chi connectivity index (χ0n) is 15.7. The molecule has 1 aromatic heterocycles. The molecule has 1 aromatic carbocycles. The fraction of sp³-hybridized carbons (Fsp3) is 0.400. The number of nitrogens with one attached hydrogen (secondary N) is 1. The molecule has 0 aliphatic carbocycles. The van der Waals surface area contributed by atoms with Crippen LogP contribution in [0.5, 0.6) is 0 Å². The summed E-state index contributed by atoms with van der Waals surface area (Å²) >= 11 is 0. The van der Waals surface area contributed by atoms with Crippen molar-refractivity contribution in [3.63, 3.8) is 0 Å². The smallest absolute Gasteiger partial charge is 0.271 e. The number of benzene rings is 1. The van der Waals surface area contributed by atoms with Gasteiger partial charge in [-0.05, 0) is 51.6 Å². The number of aromatic nitrogens is 2. The lowest BCUT2D eigenvalue weighted by molar-refractivity contribution is 0.0996. The maximum absolute atomic E-state index is 11.7. The first kappa shape index (κ1) is 19.0. The second-order valence-corrected chi connectivity index (χ2v) is 6.90. The summed E-state index contributed by atoms with van der Waals surface area (Å²) < 4.78 is 1.76. The van der Waals surface area contributed by atoms with E-state index < -0.39 is 12.0 Å². The number of anilines is 1. The van der Waals surface area contributed by atoms with Gasteiger partial charge in [0.05, 0.1) is 17.1 Å². The van der Waals surface area contributed by atoms with E-state index in [2.05, 4.69) is 22.3 Å². The summed E-state index contributed by atoms with van der Waals surface area (Å²) in [7, 11) is 3.92. The monoisotopic (exact) mass is 367 g/mol. The molecule has 0 saturated heterocycles. The van der Waals surface area contributed by atoms with Crippen LogP contribution < -0.4 is 11.1 Å². The van der Waals surface area contributed by atoms with Crippen LogP contribution in [0, 0.1) is 11.8 Å². The Kier molecular flexibility index (Phi) is 5.79. The molecule has 1 unspecified atom stereocenters. The molecular weight excluding hydrogens is 342 g/mol. The summed E-state index contributed by atoms with van der Waals surface area (Å²) in [5, 5.41) is 17.6. The van der Waals surface area contributed by atoms with Crippen LogP contribution in [0.3, 0.4) is 0 Å². The Morgan fingerprint density at radius 3 is 3.04 bits per heavy atom. The van der Waals surface area contributed by atoms with Gasteiger partial charge in [0.25, 0.3) is 5.91 Å². The first-order chi connectivity index (χ1) is 13.0. The second-order valence-electron chi connectivity index (χ2n) is 6.90. The molecule has 7 nitrogen and oxygen atoms in total. The van der Waals surface area contributed by atoms with Crippen molar-refractivity contribution in [3.8, 4) is 17.5 Å². The number of carbonyl (C=O) groups excluding carboxylic acids is 1. The quantitative estimate of drug-likeness (QED) is 0.685. The van der Waals surface area contributed by atoms with Crippen LogP contribution in [-0.2, 0) is 6.42 Å². The molecule has 0 radical (unpaired) electrons. The first-order valence-corrected chi connectivity index (χ1v) is 9.06. The summed E-state index contributed by atoms with van der Waals surface area (Å²) in [6, 6.07) is 7.59. The highest BCUT2D eigenvalue weighted by atomic mass is 16.3. The fourth-order valence-corrected chi connectivity index (χ4v) is 3.06. The van der Waals surface area contributed by atoms with Crippen molar-refractivity contribution < 1.29 is 9.90 Å². The van der Waals surface area contributed by atoms with Crippen LogP contribution in [0.1, 0.15) is 34.6 Å².